The molecule has 0 radical (unpaired) electrons. The highest BCUT2D eigenvalue weighted by Crippen LogP contribution is 2.31. The number of piperazine rings is 1. The number of nitrogens with zero attached hydrogens (tertiary/aromatic N) is 3. The Morgan fingerprint density at radius 1 is 0.900 bits per heavy atom. The molecular weight excluding hydrogens is 382 g/mol. The minimum atomic E-state index is -0.272. The molecular formula is C23H29N3O4. The molecule has 1 aromatic rings. The van der Waals surface area contributed by atoms with Gasteiger partial charge in [-0.15, -0.1) is 0 Å². The fourth-order valence-corrected chi connectivity index (χ4v) is 4.78. The fraction of sp³-hybridized carbons (Fsp3) is 0.565. The largest absolute Gasteiger partial charge is 0.339 e. The number of fused-ring (bicyclic) bond motifs is 1. The van der Waals surface area contributed by atoms with Gasteiger partial charge >= 0.3 is 0 Å². The molecule has 2 aliphatic heterocycles. The van der Waals surface area contributed by atoms with E-state index in [0.29, 0.717) is 49.3 Å². The van der Waals surface area contributed by atoms with Gasteiger partial charge in [0.1, 0.15) is 0 Å². The molecule has 7 heteroatoms. The predicted molar refractivity (Wildman–Crippen MR) is 111 cm³/mol. The van der Waals surface area contributed by atoms with Crippen molar-refractivity contribution in [2.45, 2.75) is 57.9 Å². The highest BCUT2D eigenvalue weighted by Gasteiger charge is 2.40. The van der Waals surface area contributed by atoms with Gasteiger partial charge in [0.15, 0.2) is 0 Å². The van der Waals surface area contributed by atoms with Crippen LogP contribution >= 0.6 is 0 Å². The Hall–Kier alpha value is -2.70. The molecule has 4 rings (SSSR count). The molecule has 0 atom stereocenters. The van der Waals surface area contributed by atoms with Crippen LogP contribution in [0.1, 0.15) is 82.9 Å². The molecule has 2 fully saturated rings. The number of rotatable bonds is 4. The number of carbonyl (C=O) groups excluding carboxylic acids is 4. The van der Waals surface area contributed by atoms with Gasteiger partial charge in [-0.05, 0) is 37.5 Å². The zero-order valence-electron chi connectivity index (χ0n) is 17.6. The lowest BCUT2D eigenvalue weighted by Crippen LogP contribution is -2.50. The highest BCUT2D eigenvalue weighted by molar-refractivity contribution is 6.22. The SMILES string of the molecule is CCCC(=O)N1CCN(C(=O)c2ccc3c(c2)C(=O)N(C2CCCCC2)C3=O)CC1. The van der Waals surface area contributed by atoms with Crippen molar-refractivity contribution in [3.05, 3.63) is 34.9 Å². The zero-order valence-corrected chi connectivity index (χ0v) is 17.6. The van der Waals surface area contributed by atoms with E-state index in [4.69, 9.17) is 0 Å². The minimum Gasteiger partial charge on any atom is -0.339 e. The summed E-state index contributed by atoms with van der Waals surface area (Å²) in [6, 6.07) is 4.81. The molecule has 0 aromatic heterocycles. The molecule has 1 saturated carbocycles. The second kappa shape index (κ2) is 8.58. The van der Waals surface area contributed by atoms with Crippen LogP contribution in [-0.4, -0.2) is 70.5 Å². The van der Waals surface area contributed by atoms with Crippen LogP contribution in [0.15, 0.2) is 18.2 Å². The van der Waals surface area contributed by atoms with Crippen LogP contribution in [0.25, 0.3) is 0 Å². The lowest BCUT2D eigenvalue weighted by Gasteiger charge is -2.35. The summed E-state index contributed by atoms with van der Waals surface area (Å²) in [4.78, 5) is 55.8. The maximum absolute atomic E-state index is 13.0. The molecule has 7 nitrogen and oxygen atoms in total. The van der Waals surface area contributed by atoms with Crippen molar-refractivity contribution in [1.82, 2.24) is 14.7 Å². The Bertz CT molecular complexity index is 867. The number of carbonyl (C=O) groups is 4. The Balaban J connectivity index is 1.46. The van der Waals surface area contributed by atoms with E-state index in [9.17, 15) is 19.2 Å². The van der Waals surface area contributed by atoms with Gasteiger partial charge in [0, 0.05) is 44.2 Å². The van der Waals surface area contributed by atoms with Crippen LogP contribution in [-0.2, 0) is 4.79 Å². The van der Waals surface area contributed by atoms with Crippen molar-refractivity contribution in [2.24, 2.45) is 0 Å². The third-order valence-electron chi connectivity index (χ3n) is 6.49. The second-order valence-corrected chi connectivity index (χ2v) is 8.46. The first-order valence-electron chi connectivity index (χ1n) is 11.1. The van der Waals surface area contributed by atoms with E-state index in [2.05, 4.69) is 0 Å². The number of amides is 4. The van der Waals surface area contributed by atoms with Crippen LogP contribution in [0.2, 0.25) is 0 Å². The van der Waals surface area contributed by atoms with E-state index in [1.807, 2.05) is 6.92 Å². The standard InChI is InChI=1S/C23H29N3O4/c1-2-6-20(27)24-11-13-25(14-12-24)21(28)16-9-10-18-19(15-16)23(30)26(22(18)29)17-7-4-3-5-8-17/h9-10,15,17H,2-8,11-14H2,1H3. The van der Waals surface area contributed by atoms with E-state index in [1.165, 1.54) is 4.90 Å². The summed E-state index contributed by atoms with van der Waals surface area (Å²) < 4.78 is 0. The molecule has 0 N–H and O–H groups in total. The zero-order chi connectivity index (χ0) is 21.3. The van der Waals surface area contributed by atoms with E-state index >= 15 is 0 Å². The van der Waals surface area contributed by atoms with E-state index in [1.54, 1.807) is 28.0 Å². The summed E-state index contributed by atoms with van der Waals surface area (Å²) >= 11 is 0. The number of benzene rings is 1. The monoisotopic (exact) mass is 411 g/mol. The summed E-state index contributed by atoms with van der Waals surface area (Å²) in [6.45, 7) is 4.00. The quantitative estimate of drug-likeness (QED) is 0.714. The first-order valence-corrected chi connectivity index (χ1v) is 11.1. The van der Waals surface area contributed by atoms with Crippen LogP contribution in [0.5, 0.6) is 0 Å². The Kier molecular flexibility index (Phi) is 5.88. The molecule has 1 aliphatic carbocycles. The summed E-state index contributed by atoms with van der Waals surface area (Å²) in [5.41, 5.74) is 1.17. The highest BCUT2D eigenvalue weighted by atomic mass is 16.2. The summed E-state index contributed by atoms with van der Waals surface area (Å²) in [7, 11) is 0. The molecule has 0 bridgehead atoms. The van der Waals surface area contributed by atoms with Crippen LogP contribution < -0.4 is 0 Å². The van der Waals surface area contributed by atoms with Gasteiger partial charge < -0.3 is 9.80 Å². The van der Waals surface area contributed by atoms with Crippen molar-refractivity contribution in [3.8, 4) is 0 Å². The van der Waals surface area contributed by atoms with Gasteiger partial charge in [0.2, 0.25) is 5.91 Å². The summed E-state index contributed by atoms with van der Waals surface area (Å²) in [5.74, 6) is -0.527. The molecule has 30 heavy (non-hydrogen) atoms. The van der Waals surface area contributed by atoms with Gasteiger partial charge in [-0.25, -0.2) is 0 Å². The third kappa shape index (κ3) is 3.73. The lowest BCUT2D eigenvalue weighted by atomic mass is 9.94. The summed E-state index contributed by atoms with van der Waals surface area (Å²) in [6.07, 6.45) is 6.29. The Morgan fingerprint density at radius 2 is 1.53 bits per heavy atom. The van der Waals surface area contributed by atoms with Crippen molar-refractivity contribution in [3.63, 3.8) is 0 Å². The summed E-state index contributed by atoms with van der Waals surface area (Å²) in [5, 5.41) is 0. The van der Waals surface area contributed by atoms with Gasteiger partial charge in [0.25, 0.3) is 17.7 Å². The average Bonchev–Trinajstić information content (AvgIpc) is 3.03. The molecule has 2 heterocycles. The first-order chi connectivity index (χ1) is 14.5. The number of imide groups is 1. The van der Waals surface area contributed by atoms with E-state index in [0.717, 1.165) is 38.5 Å². The van der Waals surface area contributed by atoms with Gasteiger partial charge in [0.05, 0.1) is 11.1 Å². The predicted octanol–water partition coefficient (Wildman–Crippen LogP) is 2.70. The lowest BCUT2D eigenvalue weighted by molar-refractivity contribution is -0.132. The van der Waals surface area contributed by atoms with Crippen LogP contribution in [0.4, 0.5) is 0 Å². The van der Waals surface area contributed by atoms with Gasteiger partial charge in [-0.1, -0.05) is 26.2 Å². The molecule has 1 aromatic carbocycles. The normalized spacial score (nSPS) is 20.0. The maximum atomic E-state index is 13.0. The minimum absolute atomic E-state index is 0.0287. The second-order valence-electron chi connectivity index (χ2n) is 8.46. The number of hydrogen-bond donors (Lipinski definition) is 0. The van der Waals surface area contributed by atoms with Crippen molar-refractivity contribution >= 4 is 23.6 Å². The topological polar surface area (TPSA) is 78.0 Å². The molecule has 1 saturated heterocycles. The van der Waals surface area contributed by atoms with Gasteiger partial charge in [-0.3, -0.25) is 24.1 Å². The fourth-order valence-electron chi connectivity index (χ4n) is 4.78. The van der Waals surface area contributed by atoms with E-state index in [-0.39, 0.29) is 29.7 Å². The third-order valence-corrected chi connectivity index (χ3v) is 6.49. The Labute approximate surface area is 177 Å². The molecule has 0 unspecified atom stereocenters. The van der Waals surface area contributed by atoms with Crippen molar-refractivity contribution in [2.75, 3.05) is 26.2 Å². The average molecular weight is 412 g/mol. The molecule has 0 spiro atoms. The smallest absolute Gasteiger partial charge is 0.261 e. The van der Waals surface area contributed by atoms with Crippen molar-refractivity contribution < 1.29 is 19.2 Å². The first kappa shape index (κ1) is 20.6. The Morgan fingerprint density at radius 3 is 2.20 bits per heavy atom. The maximum Gasteiger partial charge on any atom is 0.261 e. The van der Waals surface area contributed by atoms with Crippen molar-refractivity contribution in [1.29, 1.82) is 0 Å². The molecule has 3 aliphatic rings. The van der Waals surface area contributed by atoms with E-state index < -0.39 is 0 Å². The van der Waals surface area contributed by atoms with Crippen LogP contribution in [0.3, 0.4) is 0 Å². The molecule has 160 valence electrons. The van der Waals surface area contributed by atoms with Gasteiger partial charge in [-0.2, -0.15) is 0 Å². The van der Waals surface area contributed by atoms with Crippen LogP contribution in [0, 0.1) is 0 Å². The molecule has 4 amide bonds. The number of hydrogen-bond acceptors (Lipinski definition) is 4.